The van der Waals surface area contributed by atoms with Gasteiger partial charge in [0, 0.05) is 12.8 Å². The van der Waals surface area contributed by atoms with E-state index in [1.165, 1.54) is 0 Å². The molecule has 1 atom stereocenters. The maximum atomic E-state index is 8.84. The summed E-state index contributed by atoms with van der Waals surface area (Å²) in [7, 11) is 1.92. The Bertz CT molecular complexity index is 354. The Morgan fingerprint density at radius 3 is 2.80 bits per heavy atom. The second-order valence-electron chi connectivity index (χ2n) is 3.14. The van der Waals surface area contributed by atoms with E-state index in [2.05, 4.69) is 21.6 Å². The molecule has 5 nitrogen and oxygen atoms in total. The molecule has 82 valence electrons. The summed E-state index contributed by atoms with van der Waals surface area (Å²) in [6.45, 7) is 4.70. The summed E-state index contributed by atoms with van der Waals surface area (Å²) < 4.78 is 1.92. The van der Waals surface area contributed by atoms with Crippen LogP contribution in [0.2, 0.25) is 0 Å². The Hall–Kier alpha value is -1.06. The highest BCUT2D eigenvalue weighted by molar-refractivity contribution is 7.99. The van der Waals surface area contributed by atoms with Gasteiger partial charge in [-0.25, -0.2) is 0 Å². The Labute approximate surface area is 93.9 Å². The number of nitriles is 1. The molecular formula is C9H15N5S. The predicted molar refractivity (Wildman–Crippen MR) is 59.5 cm³/mol. The third-order valence-corrected chi connectivity index (χ3v) is 3.15. The molecule has 1 N–H and O–H groups in total. The first-order chi connectivity index (χ1) is 7.19. The first kappa shape index (κ1) is 12.0. The summed E-state index contributed by atoms with van der Waals surface area (Å²) in [6.07, 6.45) is 0. The zero-order valence-electron chi connectivity index (χ0n) is 9.19. The Balaban J connectivity index is 2.50. The molecule has 0 amide bonds. The van der Waals surface area contributed by atoms with Gasteiger partial charge in [0.15, 0.2) is 5.16 Å². The molecule has 0 saturated heterocycles. The number of nitrogens with zero attached hydrogens (tertiary/aromatic N) is 4. The highest BCUT2D eigenvalue weighted by Crippen LogP contribution is 2.15. The molecule has 0 aliphatic rings. The van der Waals surface area contributed by atoms with E-state index in [0.717, 1.165) is 17.5 Å². The smallest absolute Gasteiger partial charge is 0.191 e. The van der Waals surface area contributed by atoms with Crippen molar-refractivity contribution in [3.8, 4) is 6.07 Å². The number of aromatic nitrogens is 3. The lowest BCUT2D eigenvalue weighted by atomic mass is 10.4. The zero-order chi connectivity index (χ0) is 11.3. The quantitative estimate of drug-likeness (QED) is 0.748. The monoisotopic (exact) mass is 225 g/mol. The lowest BCUT2D eigenvalue weighted by Crippen LogP contribution is -2.29. The van der Waals surface area contributed by atoms with Gasteiger partial charge in [0.05, 0.1) is 6.07 Å². The minimum atomic E-state index is -0.128. The largest absolute Gasteiger partial charge is 0.309 e. The van der Waals surface area contributed by atoms with Crippen LogP contribution in [0.15, 0.2) is 5.16 Å². The van der Waals surface area contributed by atoms with E-state index in [4.69, 9.17) is 5.26 Å². The van der Waals surface area contributed by atoms with Crippen molar-refractivity contribution in [1.29, 1.82) is 5.26 Å². The van der Waals surface area contributed by atoms with Crippen molar-refractivity contribution in [1.82, 2.24) is 20.1 Å². The van der Waals surface area contributed by atoms with Crippen LogP contribution < -0.4 is 5.32 Å². The summed E-state index contributed by atoms with van der Waals surface area (Å²) in [5, 5.41) is 20.8. The van der Waals surface area contributed by atoms with Gasteiger partial charge in [-0.3, -0.25) is 0 Å². The van der Waals surface area contributed by atoms with Crippen LogP contribution in [0.4, 0.5) is 0 Å². The van der Waals surface area contributed by atoms with Gasteiger partial charge in [-0.05, 0) is 13.5 Å². The number of hydrogen-bond acceptors (Lipinski definition) is 5. The maximum Gasteiger partial charge on any atom is 0.191 e. The van der Waals surface area contributed by atoms with Crippen molar-refractivity contribution in [3.05, 3.63) is 5.82 Å². The lowest BCUT2D eigenvalue weighted by molar-refractivity contribution is 0.675. The van der Waals surface area contributed by atoms with Crippen LogP contribution in [-0.4, -0.2) is 33.1 Å². The summed E-state index contributed by atoms with van der Waals surface area (Å²) in [4.78, 5) is 0. The summed E-state index contributed by atoms with van der Waals surface area (Å²) in [5.41, 5.74) is 0. The van der Waals surface area contributed by atoms with Gasteiger partial charge >= 0.3 is 0 Å². The molecule has 1 aromatic rings. The zero-order valence-corrected chi connectivity index (χ0v) is 10.0. The number of aryl methyl sites for hydroxylation is 1. The van der Waals surface area contributed by atoms with Gasteiger partial charge in [0.1, 0.15) is 11.9 Å². The molecule has 0 spiro atoms. The maximum absolute atomic E-state index is 8.84. The predicted octanol–water partition coefficient (Wildman–Crippen LogP) is 0.717. The van der Waals surface area contributed by atoms with E-state index < -0.39 is 0 Å². The molecule has 0 radical (unpaired) electrons. The highest BCUT2D eigenvalue weighted by Gasteiger charge is 2.10. The van der Waals surface area contributed by atoms with E-state index in [-0.39, 0.29) is 6.04 Å². The van der Waals surface area contributed by atoms with Crippen molar-refractivity contribution in [2.75, 3.05) is 12.3 Å². The molecule has 6 heteroatoms. The van der Waals surface area contributed by atoms with Crippen LogP contribution in [0.25, 0.3) is 0 Å². The van der Waals surface area contributed by atoms with Crippen LogP contribution in [-0.2, 0) is 7.05 Å². The Morgan fingerprint density at radius 1 is 1.60 bits per heavy atom. The summed E-state index contributed by atoms with van der Waals surface area (Å²) in [5.74, 6) is 1.57. The standard InChI is InChI=1S/C9H15N5S/c1-4-11-8(5-10)6-15-9-13-12-7(2)14(9)3/h8,11H,4,6H2,1-3H3. The van der Waals surface area contributed by atoms with Crippen molar-refractivity contribution in [2.24, 2.45) is 7.05 Å². The normalized spacial score (nSPS) is 12.4. The van der Waals surface area contributed by atoms with Gasteiger partial charge in [-0.15, -0.1) is 10.2 Å². The summed E-state index contributed by atoms with van der Waals surface area (Å²) in [6, 6.07) is 2.08. The molecule has 1 unspecified atom stereocenters. The van der Waals surface area contributed by atoms with E-state index in [0.29, 0.717) is 5.75 Å². The third-order valence-electron chi connectivity index (χ3n) is 2.04. The third kappa shape index (κ3) is 3.22. The minimum Gasteiger partial charge on any atom is -0.309 e. The molecule has 0 aromatic carbocycles. The fraction of sp³-hybridized carbons (Fsp3) is 0.667. The molecular weight excluding hydrogens is 210 g/mol. The molecule has 1 rings (SSSR count). The van der Waals surface area contributed by atoms with Gasteiger partial charge in [0.2, 0.25) is 0 Å². The fourth-order valence-electron chi connectivity index (χ4n) is 1.06. The van der Waals surface area contributed by atoms with Crippen LogP contribution in [0.5, 0.6) is 0 Å². The van der Waals surface area contributed by atoms with Crippen LogP contribution >= 0.6 is 11.8 Å². The molecule has 0 fully saturated rings. The number of hydrogen-bond donors (Lipinski definition) is 1. The highest BCUT2D eigenvalue weighted by atomic mass is 32.2. The van der Waals surface area contributed by atoms with Crippen LogP contribution in [0.3, 0.4) is 0 Å². The van der Waals surface area contributed by atoms with E-state index in [9.17, 15) is 0 Å². The number of rotatable bonds is 5. The Morgan fingerprint density at radius 2 is 2.33 bits per heavy atom. The minimum absolute atomic E-state index is 0.128. The van der Waals surface area contributed by atoms with Crippen LogP contribution in [0.1, 0.15) is 12.7 Å². The average molecular weight is 225 g/mol. The molecule has 0 aliphatic carbocycles. The van der Waals surface area contributed by atoms with Crippen molar-refractivity contribution in [2.45, 2.75) is 25.0 Å². The lowest BCUT2D eigenvalue weighted by Gasteiger charge is -2.08. The SMILES string of the molecule is CCNC(C#N)CSc1nnc(C)n1C. The topological polar surface area (TPSA) is 66.5 Å². The second kappa shape index (κ2) is 5.73. The number of thioether (sulfide) groups is 1. The molecule has 0 saturated carbocycles. The molecule has 0 aliphatic heterocycles. The molecule has 1 aromatic heterocycles. The van der Waals surface area contributed by atoms with E-state index >= 15 is 0 Å². The van der Waals surface area contributed by atoms with E-state index in [1.807, 2.05) is 25.5 Å². The molecule has 15 heavy (non-hydrogen) atoms. The van der Waals surface area contributed by atoms with Crippen molar-refractivity contribution < 1.29 is 0 Å². The van der Waals surface area contributed by atoms with Crippen LogP contribution in [0, 0.1) is 18.3 Å². The first-order valence-electron chi connectivity index (χ1n) is 4.80. The van der Waals surface area contributed by atoms with Gasteiger partial charge in [-0.2, -0.15) is 5.26 Å². The Kier molecular flexibility index (Phi) is 4.59. The van der Waals surface area contributed by atoms with Crippen molar-refractivity contribution >= 4 is 11.8 Å². The van der Waals surface area contributed by atoms with Crippen molar-refractivity contribution in [3.63, 3.8) is 0 Å². The summed E-state index contributed by atoms with van der Waals surface area (Å²) >= 11 is 1.54. The number of nitrogens with one attached hydrogen (secondary N) is 1. The van der Waals surface area contributed by atoms with Gasteiger partial charge in [0.25, 0.3) is 0 Å². The first-order valence-corrected chi connectivity index (χ1v) is 5.79. The molecule has 1 heterocycles. The van der Waals surface area contributed by atoms with Gasteiger partial charge in [-0.1, -0.05) is 18.7 Å². The van der Waals surface area contributed by atoms with Gasteiger partial charge < -0.3 is 9.88 Å². The molecule has 0 bridgehead atoms. The second-order valence-corrected chi connectivity index (χ2v) is 4.13. The average Bonchev–Trinajstić information content (AvgIpc) is 2.55. The fourth-order valence-corrected chi connectivity index (χ4v) is 1.99. The van der Waals surface area contributed by atoms with E-state index in [1.54, 1.807) is 11.8 Å².